The molecule has 0 radical (unpaired) electrons. The topological polar surface area (TPSA) is 97.6 Å². The zero-order valence-electron chi connectivity index (χ0n) is 23.6. The molecule has 10 nitrogen and oxygen atoms in total. The lowest BCUT2D eigenvalue weighted by Crippen LogP contribution is -2.37. The summed E-state index contributed by atoms with van der Waals surface area (Å²) in [6, 6.07) is 15.8. The largest absolute Gasteiger partial charge is 0.379 e. The minimum Gasteiger partial charge on any atom is -0.379 e. The predicted octanol–water partition coefficient (Wildman–Crippen LogP) is 4.39. The first kappa shape index (κ1) is 27.3. The molecule has 2 aromatic carbocycles. The SMILES string of the molecule is CCC(=O)c1ccc(Nc2cc(-c3ccc4ncn(CCCN5CCOCC5)c4c3)nc(N3CCOCC3)n2)cc1. The molecule has 2 fully saturated rings. The fourth-order valence-electron chi connectivity index (χ4n) is 5.33. The van der Waals surface area contributed by atoms with E-state index in [4.69, 9.17) is 19.4 Å². The number of carbonyl (C=O) groups is 1. The van der Waals surface area contributed by atoms with Crippen molar-refractivity contribution in [2.45, 2.75) is 26.3 Å². The monoisotopic (exact) mass is 555 g/mol. The zero-order valence-corrected chi connectivity index (χ0v) is 23.6. The van der Waals surface area contributed by atoms with Crippen LogP contribution >= 0.6 is 0 Å². The van der Waals surface area contributed by atoms with E-state index >= 15 is 0 Å². The molecule has 0 aliphatic carbocycles. The number of morpholine rings is 2. The fourth-order valence-corrected chi connectivity index (χ4v) is 5.33. The van der Waals surface area contributed by atoms with E-state index in [0.717, 1.165) is 86.9 Å². The normalized spacial score (nSPS) is 16.3. The van der Waals surface area contributed by atoms with Crippen LogP contribution in [0, 0.1) is 0 Å². The van der Waals surface area contributed by atoms with Gasteiger partial charge in [0.05, 0.1) is 49.5 Å². The van der Waals surface area contributed by atoms with E-state index in [0.29, 0.717) is 37.0 Å². The number of carbonyl (C=O) groups excluding carboxylic acids is 1. The Kier molecular flexibility index (Phi) is 8.50. The van der Waals surface area contributed by atoms with Crippen LogP contribution in [0.2, 0.25) is 0 Å². The minimum atomic E-state index is 0.131. The molecule has 2 aromatic heterocycles. The number of fused-ring (bicyclic) bond motifs is 1. The highest BCUT2D eigenvalue weighted by Crippen LogP contribution is 2.28. The molecule has 0 spiro atoms. The van der Waals surface area contributed by atoms with Gasteiger partial charge in [-0.1, -0.05) is 13.0 Å². The second kappa shape index (κ2) is 12.8. The molecule has 4 aromatic rings. The average molecular weight is 556 g/mol. The van der Waals surface area contributed by atoms with Gasteiger partial charge in [0.25, 0.3) is 0 Å². The first-order chi connectivity index (χ1) is 20.2. The zero-order chi connectivity index (χ0) is 28.0. The van der Waals surface area contributed by atoms with Crippen LogP contribution < -0.4 is 10.2 Å². The average Bonchev–Trinajstić information content (AvgIpc) is 3.44. The third-order valence-corrected chi connectivity index (χ3v) is 7.70. The Labute approximate surface area is 240 Å². The van der Waals surface area contributed by atoms with Crippen LogP contribution in [-0.2, 0) is 16.0 Å². The lowest BCUT2D eigenvalue weighted by atomic mass is 10.1. The maximum atomic E-state index is 12.1. The highest BCUT2D eigenvalue weighted by atomic mass is 16.5. The van der Waals surface area contributed by atoms with Crippen LogP contribution in [0.1, 0.15) is 30.1 Å². The molecule has 2 aliphatic heterocycles. The number of imidazole rings is 1. The highest BCUT2D eigenvalue weighted by Gasteiger charge is 2.18. The van der Waals surface area contributed by atoms with Gasteiger partial charge in [-0.2, -0.15) is 4.98 Å². The van der Waals surface area contributed by atoms with Crippen molar-refractivity contribution in [2.75, 3.05) is 69.4 Å². The maximum absolute atomic E-state index is 12.1. The quantitative estimate of drug-likeness (QED) is 0.286. The summed E-state index contributed by atoms with van der Waals surface area (Å²) < 4.78 is 13.3. The molecule has 2 aliphatic rings. The molecule has 1 N–H and O–H groups in total. The molecule has 4 heterocycles. The molecule has 2 saturated heterocycles. The summed E-state index contributed by atoms with van der Waals surface area (Å²) in [5, 5.41) is 3.43. The Balaban J connectivity index is 1.27. The molecular weight excluding hydrogens is 518 g/mol. The fraction of sp³-hybridized carbons (Fsp3) is 0.419. The first-order valence-electron chi connectivity index (χ1n) is 14.5. The van der Waals surface area contributed by atoms with Crippen LogP contribution in [0.15, 0.2) is 54.9 Å². The van der Waals surface area contributed by atoms with Crippen LogP contribution in [0.5, 0.6) is 0 Å². The van der Waals surface area contributed by atoms with Crippen LogP contribution in [0.3, 0.4) is 0 Å². The Morgan fingerprint density at radius 2 is 1.66 bits per heavy atom. The molecule has 41 heavy (non-hydrogen) atoms. The number of nitrogens with zero attached hydrogens (tertiary/aromatic N) is 6. The molecular formula is C31H37N7O3. The lowest BCUT2D eigenvalue weighted by molar-refractivity contribution is 0.0369. The smallest absolute Gasteiger partial charge is 0.228 e. The number of benzene rings is 2. The van der Waals surface area contributed by atoms with Gasteiger partial charge in [-0.15, -0.1) is 0 Å². The van der Waals surface area contributed by atoms with Gasteiger partial charge >= 0.3 is 0 Å². The van der Waals surface area contributed by atoms with Gasteiger partial charge in [0.1, 0.15) is 5.82 Å². The van der Waals surface area contributed by atoms with E-state index in [-0.39, 0.29) is 5.78 Å². The van der Waals surface area contributed by atoms with Gasteiger partial charge < -0.3 is 24.3 Å². The summed E-state index contributed by atoms with van der Waals surface area (Å²) in [7, 11) is 0. The van der Waals surface area contributed by atoms with E-state index in [1.807, 2.05) is 43.6 Å². The third-order valence-electron chi connectivity index (χ3n) is 7.70. The number of anilines is 3. The summed E-state index contributed by atoms with van der Waals surface area (Å²) in [5.41, 5.74) is 5.50. The number of rotatable bonds is 10. The Hall–Kier alpha value is -3.86. The molecule has 0 amide bonds. The molecule has 0 saturated carbocycles. The lowest BCUT2D eigenvalue weighted by Gasteiger charge is -2.27. The number of hydrogen-bond donors (Lipinski definition) is 1. The Bertz CT molecular complexity index is 1480. The number of aryl methyl sites for hydroxylation is 1. The van der Waals surface area contributed by atoms with Crippen molar-refractivity contribution in [3.05, 3.63) is 60.4 Å². The van der Waals surface area contributed by atoms with Crippen molar-refractivity contribution >= 4 is 34.3 Å². The van der Waals surface area contributed by atoms with Gasteiger partial charge in [-0.3, -0.25) is 9.69 Å². The van der Waals surface area contributed by atoms with E-state index < -0.39 is 0 Å². The second-order valence-corrected chi connectivity index (χ2v) is 10.5. The first-order valence-corrected chi connectivity index (χ1v) is 14.5. The van der Waals surface area contributed by atoms with Crippen molar-refractivity contribution in [3.63, 3.8) is 0 Å². The summed E-state index contributed by atoms with van der Waals surface area (Å²) in [6.07, 6.45) is 3.48. The van der Waals surface area contributed by atoms with Crippen molar-refractivity contribution in [3.8, 4) is 11.3 Å². The summed E-state index contributed by atoms with van der Waals surface area (Å²) >= 11 is 0. The van der Waals surface area contributed by atoms with Gasteiger partial charge in [0.2, 0.25) is 5.95 Å². The standard InChI is InChI=1S/C31H37N7O3/c1-2-29(39)23-4-7-25(8-5-23)33-30-21-27(34-31(35-30)37-14-18-41-19-15-37)24-6-9-26-28(20-24)38(22-32-26)11-3-10-36-12-16-40-17-13-36/h4-9,20-22H,2-3,10-19H2,1H3,(H,33,34,35). The van der Waals surface area contributed by atoms with Gasteiger partial charge in [-0.05, 0) is 42.8 Å². The number of ether oxygens (including phenoxy) is 2. The Morgan fingerprint density at radius 3 is 2.41 bits per heavy atom. The van der Waals surface area contributed by atoms with E-state index in [2.05, 4.69) is 42.9 Å². The molecule has 214 valence electrons. The van der Waals surface area contributed by atoms with E-state index in [1.54, 1.807) is 0 Å². The number of nitrogens with one attached hydrogen (secondary N) is 1. The summed E-state index contributed by atoms with van der Waals surface area (Å²) in [5.74, 6) is 1.50. The van der Waals surface area contributed by atoms with Crippen molar-refractivity contribution < 1.29 is 14.3 Å². The van der Waals surface area contributed by atoms with Crippen molar-refractivity contribution in [1.29, 1.82) is 0 Å². The molecule has 10 heteroatoms. The second-order valence-electron chi connectivity index (χ2n) is 10.5. The summed E-state index contributed by atoms with van der Waals surface area (Å²) in [4.78, 5) is 31.2. The van der Waals surface area contributed by atoms with E-state index in [9.17, 15) is 4.79 Å². The van der Waals surface area contributed by atoms with Crippen LogP contribution in [0.4, 0.5) is 17.5 Å². The third kappa shape index (κ3) is 6.56. The maximum Gasteiger partial charge on any atom is 0.228 e. The highest BCUT2D eigenvalue weighted by molar-refractivity contribution is 5.96. The number of hydrogen-bond acceptors (Lipinski definition) is 9. The number of ketones is 1. The minimum absolute atomic E-state index is 0.131. The molecule has 0 bridgehead atoms. The molecule has 0 unspecified atom stereocenters. The Morgan fingerprint density at radius 1 is 0.902 bits per heavy atom. The molecule has 6 rings (SSSR count). The number of aromatic nitrogens is 4. The summed E-state index contributed by atoms with van der Waals surface area (Å²) in [6.45, 7) is 10.3. The van der Waals surface area contributed by atoms with Crippen molar-refractivity contribution in [2.24, 2.45) is 0 Å². The predicted molar refractivity (Wildman–Crippen MR) is 160 cm³/mol. The molecule has 0 atom stereocenters. The number of Topliss-reactive ketones (excluding diaryl/α,β-unsaturated/α-hetero) is 1. The van der Waals surface area contributed by atoms with Gasteiger partial charge in [0, 0.05) is 68.6 Å². The van der Waals surface area contributed by atoms with Crippen LogP contribution in [-0.4, -0.2) is 89.4 Å². The van der Waals surface area contributed by atoms with Crippen molar-refractivity contribution in [1.82, 2.24) is 24.4 Å². The van der Waals surface area contributed by atoms with Gasteiger partial charge in [-0.25, -0.2) is 9.97 Å². The van der Waals surface area contributed by atoms with Gasteiger partial charge in [0.15, 0.2) is 5.78 Å². The van der Waals surface area contributed by atoms with E-state index in [1.165, 1.54) is 0 Å². The van der Waals surface area contributed by atoms with Crippen LogP contribution in [0.25, 0.3) is 22.3 Å².